The molecule has 2 nitrogen and oxygen atoms in total. The third-order valence-electron chi connectivity index (χ3n) is 2.64. The van der Waals surface area contributed by atoms with E-state index in [1.165, 1.54) is 12.3 Å². The first-order chi connectivity index (χ1) is 7.06. The molecule has 2 rings (SSSR count). The molecule has 0 radical (unpaired) electrons. The first kappa shape index (κ1) is 10.2. The maximum absolute atomic E-state index is 13.7. The Labute approximate surface area is 87.3 Å². The summed E-state index contributed by atoms with van der Waals surface area (Å²) in [7, 11) is 0. The molecule has 80 valence electrons. The zero-order valence-electron chi connectivity index (χ0n) is 8.75. The minimum Gasteiger partial charge on any atom is -0.464 e. The summed E-state index contributed by atoms with van der Waals surface area (Å²) in [4.78, 5) is 0. The van der Waals surface area contributed by atoms with Crippen LogP contribution in [0.15, 0.2) is 28.9 Å². The fourth-order valence-corrected chi connectivity index (χ4v) is 1.72. The van der Waals surface area contributed by atoms with Crippen molar-refractivity contribution in [1.82, 2.24) is 0 Å². The van der Waals surface area contributed by atoms with Gasteiger partial charge in [-0.1, -0.05) is 13.8 Å². The lowest BCUT2D eigenvalue weighted by molar-refractivity contribution is 0.215. The van der Waals surface area contributed by atoms with E-state index in [0.29, 0.717) is 11.1 Å². The third-order valence-corrected chi connectivity index (χ3v) is 2.64. The second kappa shape index (κ2) is 3.35. The first-order valence-electron chi connectivity index (χ1n) is 4.83. The second-order valence-corrected chi connectivity index (χ2v) is 4.30. The fourth-order valence-electron chi connectivity index (χ4n) is 1.72. The second-order valence-electron chi connectivity index (χ2n) is 4.30. The van der Waals surface area contributed by atoms with E-state index in [2.05, 4.69) is 0 Å². The van der Waals surface area contributed by atoms with Gasteiger partial charge in [-0.15, -0.1) is 0 Å². The lowest BCUT2D eigenvalue weighted by Gasteiger charge is -2.22. The van der Waals surface area contributed by atoms with Crippen LogP contribution in [0.1, 0.15) is 19.4 Å². The number of fused-ring (bicyclic) bond motifs is 1. The van der Waals surface area contributed by atoms with E-state index < -0.39 is 5.41 Å². The normalized spacial score (nSPS) is 12.3. The molecule has 0 saturated heterocycles. The van der Waals surface area contributed by atoms with Crippen molar-refractivity contribution < 1.29 is 13.9 Å². The summed E-state index contributed by atoms with van der Waals surface area (Å²) >= 11 is 0. The summed E-state index contributed by atoms with van der Waals surface area (Å²) < 4.78 is 19.0. The van der Waals surface area contributed by atoms with E-state index in [0.717, 1.165) is 5.39 Å². The number of benzene rings is 1. The van der Waals surface area contributed by atoms with Crippen LogP contribution in [0.2, 0.25) is 0 Å². The topological polar surface area (TPSA) is 33.4 Å². The number of furan rings is 1. The highest BCUT2D eigenvalue weighted by atomic mass is 19.1. The van der Waals surface area contributed by atoms with Crippen LogP contribution in [0, 0.1) is 5.82 Å². The van der Waals surface area contributed by atoms with Crippen molar-refractivity contribution in [1.29, 1.82) is 0 Å². The number of rotatable bonds is 2. The smallest absolute Gasteiger partial charge is 0.140 e. The van der Waals surface area contributed by atoms with E-state index in [-0.39, 0.29) is 12.4 Å². The molecule has 1 aromatic heterocycles. The maximum atomic E-state index is 13.7. The molecule has 1 N–H and O–H groups in total. The zero-order chi connectivity index (χ0) is 11.1. The minimum atomic E-state index is -0.637. The fraction of sp³-hybridized carbons (Fsp3) is 0.333. The highest BCUT2D eigenvalue weighted by Gasteiger charge is 2.27. The molecular formula is C12H13FO2. The SMILES string of the molecule is CC(C)(CO)c1c(F)ccc2ccoc12. The summed E-state index contributed by atoms with van der Waals surface area (Å²) in [5.41, 5.74) is 0.322. The number of aliphatic hydroxyl groups excluding tert-OH is 1. The minimum absolute atomic E-state index is 0.121. The summed E-state index contributed by atoms with van der Waals surface area (Å²) in [5, 5.41) is 10.1. The van der Waals surface area contributed by atoms with E-state index >= 15 is 0 Å². The van der Waals surface area contributed by atoms with Gasteiger partial charge in [0.25, 0.3) is 0 Å². The van der Waals surface area contributed by atoms with Crippen LogP contribution in [0.25, 0.3) is 11.0 Å². The van der Waals surface area contributed by atoms with Gasteiger partial charge in [0.05, 0.1) is 12.9 Å². The van der Waals surface area contributed by atoms with Crippen LogP contribution in [0.5, 0.6) is 0 Å². The highest BCUT2D eigenvalue weighted by Crippen LogP contribution is 2.32. The highest BCUT2D eigenvalue weighted by molar-refractivity contribution is 5.81. The van der Waals surface area contributed by atoms with Gasteiger partial charge in [0.15, 0.2) is 0 Å². The summed E-state index contributed by atoms with van der Waals surface area (Å²) in [6.45, 7) is 3.45. The van der Waals surface area contributed by atoms with Crippen LogP contribution in [0.4, 0.5) is 4.39 Å². The molecule has 0 aliphatic heterocycles. The summed E-state index contributed by atoms with van der Waals surface area (Å²) in [6.07, 6.45) is 1.53. The molecule has 1 heterocycles. The largest absolute Gasteiger partial charge is 0.464 e. The van der Waals surface area contributed by atoms with Crippen LogP contribution in [-0.2, 0) is 5.41 Å². The molecule has 0 spiro atoms. The van der Waals surface area contributed by atoms with Gasteiger partial charge in [-0.25, -0.2) is 4.39 Å². The predicted molar refractivity (Wildman–Crippen MR) is 56.3 cm³/mol. The number of aliphatic hydroxyl groups is 1. The Hall–Kier alpha value is -1.35. The molecule has 0 bridgehead atoms. The van der Waals surface area contributed by atoms with Crippen molar-refractivity contribution in [3.8, 4) is 0 Å². The maximum Gasteiger partial charge on any atom is 0.140 e. The van der Waals surface area contributed by atoms with E-state index in [9.17, 15) is 9.50 Å². The van der Waals surface area contributed by atoms with Crippen molar-refractivity contribution in [2.75, 3.05) is 6.61 Å². The van der Waals surface area contributed by atoms with Gasteiger partial charge in [-0.05, 0) is 18.2 Å². The van der Waals surface area contributed by atoms with E-state index in [1.807, 2.05) is 0 Å². The number of halogens is 1. The molecule has 0 aliphatic carbocycles. The standard InChI is InChI=1S/C12H13FO2/c1-12(2,7-14)10-9(13)4-3-8-5-6-15-11(8)10/h3-6,14H,7H2,1-2H3. The third kappa shape index (κ3) is 1.53. The monoisotopic (exact) mass is 208 g/mol. The lowest BCUT2D eigenvalue weighted by atomic mass is 9.84. The molecule has 3 heteroatoms. The van der Waals surface area contributed by atoms with E-state index in [4.69, 9.17) is 4.42 Å². The Kier molecular flexibility index (Phi) is 2.27. The Balaban J connectivity index is 2.77. The van der Waals surface area contributed by atoms with Crippen molar-refractivity contribution in [2.45, 2.75) is 19.3 Å². The number of hydrogen-bond acceptors (Lipinski definition) is 2. The molecule has 0 aliphatic rings. The molecule has 1 aromatic carbocycles. The van der Waals surface area contributed by atoms with Crippen molar-refractivity contribution in [3.63, 3.8) is 0 Å². The molecular weight excluding hydrogens is 195 g/mol. The van der Waals surface area contributed by atoms with Gasteiger partial charge in [-0.2, -0.15) is 0 Å². The van der Waals surface area contributed by atoms with Crippen molar-refractivity contribution >= 4 is 11.0 Å². The first-order valence-corrected chi connectivity index (χ1v) is 4.83. The lowest BCUT2D eigenvalue weighted by Crippen LogP contribution is -2.23. The van der Waals surface area contributed by atoms with Gasteiger partial charge >= 0.3 is 0 Å². The van der Waals surface area contributed by atoms with Crippen molar-refractivity contribution in [2.24, 2.45) is 0 Å². The summed E-state index contributed by atoms with van der Waals surface area (Å²) in [5.74, 6) is -0.337. The Morgan fingerprint density at radius 2 is 2.07 bits per heavy atom. The Morgan fingerprint density at radius 1 is 1.33 bits per heavy atom. The van der Waals surface area contributed by atoms with Crippen molar-refractivity contribution in [3.05, 3.63) is 35.8 Å². The van der Waals surface area contributed by atoms with Crippen LogP contribution in [0.3, 0.4) is 0 Å². The molecule has 0 unspecified atom stereocenters. The molecule has 0 amide bonds. The van der Waals surface area contributed by atoms with Gasteiger partial charge in [-0.3, -0.25) is 0 Å². The Morgan fingerprint density at radius 3 is 2.73 bits per heavy atom. The van der Waals surface area contributed by atoms with Gasteiger partial charge in [0.1, 0.15) is 11.4 Å². The summed E-state index contributed by atoms with van der Waals surface area (Å²) in [6, 6.07) is 4.86. The quantitative estimate of drug-likeness (QED) is 0.823. The van der Waals surface area contributed by atoms with Gasteiger partial charge in [0, 0.05) is 16.4 Å². The molecule has 15 heavy (non-hydrogen) atoms. The molecule has 0 atom stereocenters. The Bertz CT molecular complexity index is 485. The van der Waals surface area contributed by atoms with Crippen LogP contribution >= 0.6 is 0 Å². The molecule has 0 saturated carbocycles. The number of hydrogen-bond donors (Lipinski definition) is 1. The van der Waals surface area contributed by atoms with Gasteiger partial charge < -0.3 is 9.52 Å². The molecule has 2 aromatic rings. The average molecular weight is 208 g/mol. The zero-order valence-corrected chi connectivity index (χ0v) is 8.75. The van der Waals surface area contributed by atoms with Crippen LogP contribution < -0.4 is 0 Å². The average Bonchev–Trinajstić information content (AvgIpc) is 2.64. The predicted octanol–water partition coefficient (Wildman–Crippen LogP) is 2.84. The van der Waals surface area contributed by atoms with Crippen LogP contribution in [-0.4, -0.2) is 11.7 Å². The van der Waals surface area contributed by atoms with Gasteiger partial charge in [0.2, 0.25) is 0 Å². The van der Waals surface area contributed by atoms with E-state index in [1.54, 1.807) is 26.0 Å². The molecule has 0 fully saturated rings.